The molecule has 0 fully saturated rings. The number of rotatable bonds is 5. The number of anilines is 1. The Hall–Kier alpha value is -3.72. The van der Waals surface area contributed by atoms with Gasteiger partial charge in [0.15, 0.2) is 11.5 Å². The van der Waals surface area contributed by atoms with Crippen molar-refractivity contribution in [1.82, 2.24) is 4.57 Å². The van der Waals surface area contributed by atoms with Crippen molar-refractivity contribution < 1.29 is 14.3 Å². The van der Waals surface area contributed by atoms with Crippen LogP contribution in [0.4, 0.5) is 5.69 Å². The number of aromatic nitrogens is 1. The summed E-state index contributed by atoms with van der Waals surface area (Å²) in [5.41, 5.74) is 2.63. The number of benzene rings is 2. The topological polar surface area (TPSA) is 76.3 Å². The molecule has 1 N–H and O–H groups in total. The van der Waals surface area contributed by atoms with E-state index in [0.717, 1.165) is 16.5 Å². The van der Waals surface area contributed by atoms with E-state index < -0.39 is 0 Å². The smallest absolute Gasteiger partial charge is 0.248 e. The molecule has 0 aliphatic carbocycles. The van der Waals surface area contributed by atoms with Crippen LogP contribution < -0.4 is 14.8 Å². The lowest BCUT2D eigenvalue weighted by Crippen LogP contribution is -2.16. The Labute approximate surface area is 162 Å². The lowest BCUT2D eigenvalue weighted by molar-refractivity contribution is -0.111. The number of para-hydroxylation sites is 1. The average molecular weight is 373 g/mol. The Balaban J connectivity index is 1.51. The van der Waals surface area contributed by atoms with Gasteiger partial charge in [0.25, 0.3) is 0 Å². The number of hydrogen-bond acceptors (Lipinski definition) is 4. The van der Waals surface area contributed by atoms with Crippen LogP contribution in [0.5, 0.6) is 11.5 Å². The van der Waals surface area contributed by atoms with E-state index in [1.165, 1.54) is 6.08 Å². The van der Waals surface area contributed by atoms with Crippen molar-refractivity contribution in [3.63, 3.8) is 0 Å². The predicted octanol–water partition coefficient (Wildman–Crippen LogP) is 3.98. The summed E-state index contributed by atoms with van der Waals surface area (Å²) in [6.07, 6.45) is 5.70. The van der Waals surface area contributed by atoms with Gasteiger partial charge in [-0.25, -0.2) is 0 Å². The van der Waals surface area contributed by atoms with Crippen molar-refractivity contribution in [2.24, 2.45) is 0 Å². The van der Waals surface area contributed by atoms with E-state index in [1.807, 2.05) is 35.0 Å². The highest BCUT2D eigenvalue weighted by molar-refractivity contribution is 6.03. The Kier molecular flexibility index (Phi) is 4.98. The van der Waals surface area contributed by atoms with E-state index in [0.29, 0.717) is 43.4 Å². The fraction of sp³-hybridized carbons (Fsp3) is 0.182. The van der Waals surface area contributed by atoms with Gasteiger partial charge in [-0.3, -0.25) is 4.79 Å². The van der Waals surface area contributed by atoms with Crippen molar-refractivity contribution >= 4 is 28.6 Å². The molecule has 4 rings (SSSR count). The van der Waals surface area contributed by atoms with Gasteiger partial charge in [0.1, 0.15) is 13.2 Å². The lowest BCUT2D eigenvalue weighted by Gasteiger charge is -2.18. The van der Waals surface area contributed by atoms with E-state index in [-0.39, 0.29) is 5.91 Å². The number of hydrogen-bond donors (Lipinski definition) is 1. The first-order valence-electron chi connectivity index (χ1n) is 9.08. The summed E-state index contributed by atoms with van der Waals surface area (Å²) in [6, 6.07) is 15.4. The first-order chi connectivity index (χ1) is 13.7. The molecule has 0 unspecified atom stereocenters. The Morgan fingerprint density at radius 2 is 2.00 bits per heavy atom. The maximum atomic E-state index is 12.3. The minimum atomic E-state index is -0.231. The summed E-state index contributed by atoms with van der Waals surface area (Å²) >= 11 is 0. The Bertz CT molecular complexity index is 1090. The van der Waals surface area contributed by atoms with Gasteiger partial charge >= 0.3 is 0 Å². The molecule has 3 aromatic rings. The molecular formula is C22H19N3O3. The summed E-state index contributed by atoms with van der Waals surface area (Å²) < 4.78 is 13.1. The van der Waals surface area contributed by atoms with Crippen LogP contribution in [0.15, 0.2) is 54.7 Å². The molecule has 2 heterocycles. The Morgan fingerprint density at radius 1 is 1.18 bits per heavy atom. The Morgan fingerprint density at radius 3 is 2.86 bits per heavy atom. The third-order valence-corrected chi connectivity index (χ3v) is 4.51. The molecule has 1 aliphatic rings. The van der Waals surface area contributed by atoms with E-state index in [9.17, 15) is 4.79 Å². The molecule has 0 radical (unpaired) electrons. The summed E-state index contributed by atoms with van der Waals surface area (Å²) in [4.78, 5) is 12.3. The molecule has 0 bridgehead atoms. The normalized spacial score (nSPS) is 12.8. The summed E-state index contributed by atoms with van der Waals surface area (Å²) in [5.74, 6) is 1.09. The number of fused-ring (bicyclic) bond motifs is 2. The average Bonchev–Trinajstić information content (AvgIpc) is 3.08. The zero-order chi connectivity index (χ0) is 19.3. The van der Waals surface area contributed by atoms with Gasteiger partial charge in [0.2, 0.25) is 5.91 Å². The number of nitrogens with one attached hydrogen (secondary N) is 1. The SMILES string of the molecule is N#CCCn1cc(/C=C/C(=O)Nc2ccc3c(c2)OCCO3)c2ccccc21. The zero-order valence-corrected chi connectivity index (χ0v) is 15.2. The van der Waals surface area contributed by atoms with Crippen LogP contribution in [0.3, 0.4) is 0 Å². The zero-order valence-electron chi connectivity index (χ0n) is 15.2. The molecule has 140 valence electrons. The molecule has 28 heavy (non-hydrogen) atoms. The van der Waals surface area contributed by atoms with Crippen molar-refractivity contribution in [3.05, 3.63) is 60.3 Å². The molecule has 1 aliphatic heterocycles. The second-order valence-electron chi connectivity index (χ2n) is 6.38. The number of amides is 1. The van der Waals surface area contributed by atoms with Crippen LogP contribution in [0, 0.1) is 11.3 Å². The van der Waals surface area contributed by atoms with Gasteiger partial charge in [-0.1, -0.05) is 18.2 Å². The monoisotopic (exact) mass is 373 g/mol. The second-order valence-corrected chi connectivity index (χ2v) is 6.38. The van der Waals surface area contributed by atoms with Crippen LogP contribution in [0.2, 0.25) is 0 Å². The van der Waals surface area contributed by atoms with Crippen LogP contribution >= 0.6 is 0 Å². The van der Waals surface area contributed by atoms with Gasteiger partial charge in [-0.15, -0.1) is 0 Å². The van der Waals surface area contributed by atoms with Crippen LogP contribution in [-0.4, -0.2) is 23.7 Å². The minimum absolute atomic E-state index is 0.231. The maximum Gasteiger partial charge on any atom is 0.248 e. The summed E-state index contributed by atoms with van der Waals surface area (Å²) in [5, 5.41) is 12.7. The van der Waals surface area contributed by atoms with Gasteiger partial charge < -0.3 is 19.4 Å². The van der Waals surface area contributed by atoms with Crippen LogP contribution in [0.1, 0.15) is 12.0 Å². The maximum absolute atomic E-state index is 12.3. The van der Waals surface area contributed by atoms with Gasteiger partial charge in [-0.2, -0.15) is 5.26 Å². The van der Waals surface area contributed by atoms with Gasteiger partial charge in [-0.05, 0) is 24.3 Å². The quantitative estimate of drug-likeness (QED) is 0.687. The summed E-state index contributed by atoms with van der Waals surface area (Å²) in [7, 11) is 0. The molecule has 0 atom stereocenters. The number of carbonyl (C=O) groups excluding carboxylic acids is 1. The second kappa shape index (κ2) is 7.89. The number of ether oxygens (including phenoxy) is 2. The third-order valence-electron chi connectivity index (χ3n) is 4.51. The largest absolute Gasteiger partial charge is 0.486 e. The number of aryl methyl sites for hydroxylation is 1. The van der Waals surface area contributed by atoms with Crippen molar-refractivity contribution in [3.8, 4) is 17.6 Å². The molecule has 0 saturated heterocycles. The fourth-order valence-electron chi connectivity index (χ4n) is 3.23. The van der Waals surface area contributed by atoms with E-state index in [1.54, 1.807) is 24.3 Å². The molecule has 6 nitrogen and oxygen atoms in total. The standard InChI is InChI=1S/C22H19N3O3/c23-10-3-11-25-15-16(18-4-1-2-5-19(18)25)6-9-22(26)24-17-7-8-20-21(14-17)28-13-12-27-20/h1-2,4-9,14-15H,3,11-13H2,(H,24,26)/b9-6+. The van der Waals surface area contributed by atoms with E-state index >= 15 is 0 Å². The molecule has 1 amide bonds. The molecule has 6 heteroatoms. The first kappa shape index (κ1) is 17.7. The van der Waals surface area contributed by atoms with E-state index in [4.69, 9.17) is 14.7 Å². The number of nitriles is 1. The van der Waals surface area contributed by atoms with Gasteiger partial charge in [0.05, 0.1) is 12.5 Å². The predicted molar refractivity (Wildman–Crippen MR) is 107 cm³/mol. The molecule has 0 saturated carbocycles. The first-order valence-corrected chi connectivity index (χ1v) is 9.08. The lowest BCUT2D eigenvalue weighted by atomic mass is 10.1. The third kappa shape index (κ3) is 3.69. The van der Waals surface area contributed by atoms with Crippen molar-refractivity contribution in [1.29, 1.82) is 5.26 Å². The van der Waals surface area contributed by atoms with Crippen LogP contribution in [0.25, 0.3) is 17.0 Å². The highest BCUT2D eigenvalue weighted by Gasteiger charge is 2.12. The molecule has 1 aromatic heterocycles. The van der Waals surface area contributed by atoms with Crippen molar-refractivity contribution in [2.75, 3.05) is 18.5 Å². The number of carbonyl (C=O) groups is 1. The molecular weight excluding hydrogens is 354 g/mol. The highest BCUT2D eigenvalue weighted by atomic mass is 16.6. The highest BCUT2D eigenvalue weighted by Crippen LogP contribution is 2.32. The molecule has 0 spiro atoms. The number of nitrogens with zero attached hydrogens (tertiary/aromatic N) is 2. The molecule has 2 aromatic carbocycles. The minimum Gasteiger partial charge on any atom is -0.486 e. The van der Waals surface area contributed by atoms with Crippen molar-refractivity contribution in [2.45, 2.75) is 13.0 Å². The van der Waals surface area contributed by atoms with E-state index in [2.05, 4.69) is 11.4 Å². The van der Waals surface area contributed by atoms with Gasteiger partial charge in [0, 0.05) is 47.0 Å². The van der Waals surface area contributed by atoms with Crippen LogP contribution in [-0.2, 0) is 11.3 Å². The summed E-state index contributed by atoms with van der Waals surface area (Å²) in [6.45, 7) is 1.65. The fourth-order valence-corrected chi connectivity index (χ4v) is 3.23.